The maximum atomic E-state index is 13.2. The Hall–Kier alpha value is -2.66. The number of carbonyl (C=O) groups is 2. The number of rotatable bonds is 3. The predicted octanol–water partition coefficient (Wildman–Crippen LogP) is 6.25. The molecule has 2 aromatic rings. The Morgan fingerprint density at radius 1 is 0.941 bits per heavy atom. The van der Waals surface area contributed by atoms with E-state index in [-0.39, 0.29) is 29.2 Å². The van der Waals surface area contributed by atoms with E-state index in [1.807, 2.05) is 0 Å². The molecule has 1 fully saturated rings. The van der Waals surface area contributed by atoms with Crippen molar-refractivity contribution in [3.05, 3.63) is 68.7 Å². The molecule has 0 aromatic heterocycles. The summed E-state index contributed by atoms with van der Waals surface area (Å²) in [6.07, 6.45) is -11.5. The number of benzene rings is 2. The molecule has 0 aliphatic carbocycles. The van der Waals surface area contributed by atoms with Gasteiger partial charge in [0.1, 0.15) is 0 Å². The van der Waals surface area contributed by atoms with Crippen molar-refractivity contribution >= 4 is 35.2 Å². The second-order valence-corrected chi connectivity index (χ2v) is 8.56. The summed E-state index contributed by atoms with van der Waals surface area (Å²) in [6.45, 7) is -0.292. The number of halogens is 8. The van der Waals surface area contributed by atoms with E-state index >= 15 is 0 Å². The topological polar surface area (TPSA) is 60.9 Å². The SMILES string of the molecule is CN(C(=O)c1cc(C(F)(F)F)cc(C(F)(F)F)c1)C1CN(C(=O)O)CC1c1ccc(Cl)c(Cl)c1. The smallest absolute Gasteiger partial charge is 0.416 e. The zero-order valence-electron chi connectivity index (χ0n) is 17.2. The van der Waals surface area contributed by atoms with Crippen LogP contribution in [0, 0.1) is 0 Å². The van der Waals surface area contributed by atoms with E-state index in [1.54, 1.807) is 6.07 Å². The lowest BCUT2D eigenvalue weighted by Crippen LogP contribution is -2.42. The van der Waals surface area contributed by atoms with Gasteiger partial charge in [-0.25, -0.2) is 4.79 Å². The van der Waals surface area contributed by atoms with Crippen LogP contribution >= 0.6 is 23.2 Å². The molecule has 2 aromatic carbocycles. The minimum Gasteiger partial charge on any atom is -0.465 e. The van der Waals surface area contributed by atoms with Gasteiger partial charge in [0.15, 0.2) is 0 Å². The van der Waals surface area contributed by atoms with Crippen molar-refractivity contribution in [3.63, 3.8) is 0 Å². The van der Waals surface area contributed by atoms with Gasteiger partial charge in [-0.3, -0.25) is 4.79 Å². The average Bonchev–Trinajstić information content (AvgIpc) is 3.19. The number of likely N-dealkylation sites (tertiary alicyclic amines) is 1. The molecule has 0 radical (unpaired) electrons. The zero-order chi connectivity index (χ0) is 25.6. The van der Waals surface area contributed by atoms with Gasteiger partial charge in [-0.05, 0) is 35.9 Å². The van der Waals surface area contributed by atoms with Gasteiger partial charge in [-0.15, -0.1) is 0 Å². The third-order valence-electron chi connectivity index (χ3n) is 5.58. The van der Waals surface area contributed by atoms with Gasteiger partial charge in [0.25, 0.3) is 5.91 Å². The molecule has 1 heterocycles. The highest BCUT2D eigenvalue weighted by molar-refractivity contribution is 6.42. The highest BCUT2D eigenvalue weighted by atomic mass is 35.5. The largest absolute Gasteiger partial charge is 0.465 e. The quantitative estimate of drug-likeness (QED) is 0.479. The Morgan fingerprint density at radius 2 is 1.50 bits per heavy atom. The minimum atomic E-state index is -5.12. The standard InChI is InChI=1S/C21H16Cl2F6N2O3/c1-30(18(32)11-4-12(20(24,25)26)7-13(5-11)21(27,28)29)17-9-31(19(33)34)8-14(17)10-2-3-15(22)16(23)6-10/h2-7,14,17H,8-9H2,1H3,(H,33,34). The van der Waals surface area contributed by atoms with Gasteiger partial charge in [0.05, 0.1) is 27.2 Å². The summed E-state index contributed by atoms with van der Waals surface area (Å²) in [7, 11) is 1.19. The molecule has 3 rings (SSSR count). The van der Waals surface area contributed by atoms with Gasteiger partial charge < -0.3 is 14.9 Å². The Morgan fingerprint density at radius 3 is 1.97 bits per heavy atom. The predicted molar refractivity (Wildman–Crippen MR) is 111 cm³/mol. The molecule has 0 saturated carbocycles. The second-order valence-electron chi connectivity index (χ2n) is 7.75. The monoisotopic (exact) mass is 528 g/mol. The minimum absolute atomic E-state index is 0.0724. The van der Waals surface area contributed by atoms with Gasteiger partial charge in [0, 0.05) is 31.6 Å². The molecule has 0 bridgehead atoms. The Kier molecular flexibility index (Phi) is 7.01. The van der Waals surface area contributed by atoms with Crippen LogP contribution in [0.25, 0.3) is 0 Å². The molecule has 184 valence electrons. The molecular weight excluding hydrogens is 513 g/mol. The summed E-state index contributed by atoms with van der Waals surface area (Å²) in [5.74, 6) is -1.79. The fourth-order valence-corrected chi connectivity index (χ4v) is 4.15. The van der Waals surface area contributed by atoms with E-state index in [1.165, 1.54) is 19.2 Å². The lowest BCUT2D eigenvalue weighted by molar-refractivity contribution is -0.143. The number of carbonyl (C=O) groups excluding carboxylic acids is 1. The van der Waals surface area contributed by atoms with Crippen molar-refractivity contribution in [1.29, 1.82) is 0 Å². The molecule has 2 atom stereocenters. The molecule has 1 N–H and O–H groups in total. The number of hydrogen-bond acceptors (Lipinski definition) is 2. The Bertz CT molecular complexity index is 1090. The summed E-state index contributed by atoms with van der Waals surface area (Å²) < 4.78 is 79.2. The summed E-state index contributed by atoms with van der Waals surface area (Å²) in [5.41, 5.74) is -3.58. The summed E-state index contributed by atoms with van der Waals surface area (Å²) in [5, 5.41) is 9.79. The highest BCUT2D eigenvalue weighted by Gasteiger charge is 2.42. The number of likely N-dealkylation sites (N-methyl/N-ethyl adjacent to an activating group) is 1. The van der Waals surface area contributed by atoms with Crippen LogP contribution in [0.1, 0.15) is 33.0 Å². The van der Waals surface area contributed by atoms with E-state index in [0.29, 0.717) is 17.7 Å². The van der Waals surface area contributed by atoms with E-state index in [9.17, 15) is 41.0 Å². The number of hydrogen-bond donors (Lipinski definition) is 1. The van der Waals surface area contributed by atoms with Gasteiger partial charge >= 0.3 is 18.4 Å². The fraction of sp³-hybridized carbons (Fsp3) is 0.333. The molecule has 1 saturated heterocycles. The zero-order valence-corrected chi connectivity index (χ0v) is 18.7. The van der Waals surface area contributed by atoms with Crippen LogP contribution in [0.15, 0.2) is 36.4 Å². The van der Waals surface area contributed by atoms with Crippen LogP contribution in [0.2, 0.25) is 10.0 Å². The van der Waals surface area contributed by atoms with Crippen LogP contribution in [0.3, 0.4) is 0 Å². The molecule has 0 spiro atoms. The second kappa shape index (κ2) is 9.18. The molecule has 1 aliphatic heterocycles. The number of amides is 2. The molecular formula is C21H16Cl2F6N2O3. The molecule has 34 heavy (non-hydrogen) atoms. The molecule has 13 heteroatoms. The first-order valence-electron chi connectivity index (χ1n) is 9.59. The van der Waals surface area contributed by atoms with Gasteiger partial charge in [-0.1, -0.05) is 29.3 Å². The Balaban J connectivity index is 2.02. The van der Waals surface area contributed by atoms with E-state index in [4.69, 9.17) is 23.2 Å². The van der Waals surface area contributed by atoms with Gasteiger partial charge in [0.2, 0.25) is 0 Å². The van der Waals surface area contributed by atoms with Crippen LogP contribution in [-0.4, -0.2) is 53.1 Å². The first kappa shape index (κ1) is 26.0. The van der Waals surface area contributed by atoms with E-state index in [0.717, 1.165) is 9.80 Å². The Labute approximate surface area is 199 Å². The van der Waals surface area contributed by atoms with Crippen molar-refractivity contribution < 1.29 is 41.0 Å². The third kappa shape index (κ3) is 5.35. The molecule has 2 unspecified atom stereocenters. The van der Waals surface area contributed by atoms with Crippen LogP contribution < -0.4 is 0 Å². The van der Waals surface area contributed by atoms with E-state index < -0.39 is 53.0 Å². The fourth-order valence-electron chi connectivity index (χ4n) is 3.84. The summed E-state index contributed by atoms with van der Waals surface area (Å²) in [6, 6.07) is 4.20. The number of nitrogens with zero attached hydrogens (tertiary/aromatic N) is 2. The van der Waals surface area contributed by atoms with Crippen LogP contribution in [0.5, 0.6) is 0 Å². The van der Waals surface area contributed by atoms with Crippen molar-refractivity contribution in [1.82, 2.24) is 9.80 Å². The maximum Gasteiger partial charge on any atom is 0.416 e. The third-order valence-corrected chi connectivity index (χ3v) is 6.32. The molecule has 1 aliphatic rings. The van der Waals surface area contributed by atoms with Crippen molar-refractivity contribution in [2.75, 3.05) is 20.1 Å². The van der Waals surface area contributed by atoms with E-state index in [2.05, 4.69) is 0 Å². The summed E-state index contributed by atoms with van der Waals surface area (Å²) >= 11 is 12.0. The number of alkyl halides is 6. The lowest BCUT2D eigenvalue weighted by Gasteiger charge is -2.29. The first-order chi connectivity index (χ1) is 15.6. The van der Waals surface area contributed by atoms with Crippen LogP contribution in [-0.2, 0) is 12.4 Å². The van der Waals surface area contributed by atoms with Crippen molar-refractivity contribution in [3.8, 4) is 0 Å². The highest BCUT2D eigenvalue weighted by Crippen LogP contribution is 2.38. The average molecular weight is 529 g/mol. The number of carboxylic acid groups (broad SMARTS) is 1. The normalized spacial score (nSPS) is 18.8. The van der Waals surface area contributed by atoms with Crippen molar-refractivity contribution in [2.24, 2.45) is 0 Å². The van der Waals surface area contributed by atoms with Gasteiger partial charge in [-0.2, -0.15) is 26.3 Å². The molecule has 2 amide bonds. The van der Waals surface area contributed by atoms with Crippen LogP contribution in [0.4, 0.5) is 31.1 Å². The summed E-state index contributed by atoms with van der Waals surface area (Å²) in [4.78, 5) is 26.5. The molecule has 5 nitrogen and oxygen atoms in total. The lowest BCUT2D eigenvalue weighted by atomic mass is 9.93. The van der Waals surface area contributed by atoms with Crippen molar-refractivity contribution in [2.45, 2.75) is 24.3 Å². The first-order valence-corrected chi connectivity index (χ1v) is 10.3. The maximum absolute atomic E-state index is 13.2.